The van der Waals surface area contributed by atoms with Crippen molar-refractivity contribution in [2.75, 3.05) is 13.1 Å². The number of rotatable bonds is 4. The number of benzene rings is 1. The van der Waals surface area contributed by atoms with Crippen molar-refractivity contribution in [1.29, 1.82) is 0 Å². The van der Waals surface area contributed by atoms with Crippen molar-refractivity contribution in [2.45, 2.75) is 12.8 Å². The third-order valence-electron chi connectivity index (χ3n) is 4.55. The van der Waals surface area contributed by atoms with Crippen molar-refractivity contribution in [3.63, 3.8) is 0 Å². The van der Waals surface area contributed by atoms with Crippen LogP contribution in [0.25, 0.3) is 11.3 Å². The molecule has 2 aromatic heterocycles. The van der Waals surface area contributed by atoms with Gasteiger partial charge in [0.15, 0.2) is 5.01 Å². The number of carbonyl (C=O) groups excluding carboxylic acids is 1. The number of hydrogen-bond donors (Lipinski definition) is 0. The maximum absolute atomic E-state index is 12.7. The molecule has 0 saturated carbocycles. The molecule has 1 aliphatic rings. The van der Waals surface area contributed by atoms with E-state index in [2.05, 4.69) is 16.0 Å². The first-order valence-electron chi connectivity index (χ1n) is 8.50. The van der Waals surface area contributed by atoms with Gasteiger partial charge in [-0.3, -0.25) is 9.78 Å². The molecule has 1 saturated heterocycles. The minimum Gasteiger partial charge on any atom is -0.336 e. The Kier molecular flexibility index (Phi) is 4.57. The first-order chi connectivity index (χ1) is 12.3. The fraction of sp³-hybridized carbons (Fsp3) is 0.250. The number of carbonyl (C=O) groups is 1. The summed E-state index contributed by atoms with van der Waals surface area (Å²) in [4.78, 5) is 23.6. The van der Waals surface area contributed by atoms with Crippen LogP contribution in [0.2, 0.25) is 0 Å². The Morgan fingerprint density at radius 3 is 2.80 bits per heavy atom. The Labute approximate surface area is 151 Å². The lowest BCUT2D eigenvalue weighted by Crippen LogP contribution is -2.28. The molecule has 0 bridgehead atoms. The van der Waals surface area contributed by atoms with Gasteiger partial charge in [0.05, 0.1) is 5.69 Å². The fourth-order valence-electron chi connectivity index (χ4n) is 3.25. The van der Waals surface area contributed by atoms with Gasteiger partial charge in [0.25, 0.3) is 5.91 Å². The van der Waals surface area contributed by atoms with Crippen molar-refractivity contribution in [3.05, 3.63) is 70.8 Å². The number of pyridine rings is 1. The lowest BCUT2D eigenvalue weighted by Gasteiger charge is -2.14. The molecule has 25 heavy (non-hydrogen) atoms. The van der Waals surface area contributed by atoms with Crippen LogP contribution >= 0.6 is 11.3 Å². The van der Waals surface area contributed by atoms with Crippen LogP contribution in [0.3, 0.4) is 0 Å². The molecule has 4 rings (SSSR count). The largest absolute Gasteiger partial charge is 0.336 e. The minimum atomic E-state index is 0.0516. The van der Waals surface area contributed by atoms with E-state index in [1.165, 1.54) is 11.3 Å². The second-order valence-electron chi connectivity index (χ2n) is 6.33. The van der Waals surface area contributed by atoms with Gasteiger partial charge in [-0.2, -0.15) is 0 Å². The molecule has 4 nitrogen and oxygen atoms in total. The predicted octanol–water partition coefficient (Wildman–Crippen LogP) is 3.91. The molecule has 0 N–H and O–H groups in total. The van der Waals surface area contributed by atoms with Crippen molar-refractivity contribution in [2.24, 2.45) is 5.92 Å². The molecule has 126 valence electrons. The van der Waals surface area contributed by atoms with Gasteiger partial charge in [-0.05, 0) is 30.9 Å². The Hall–Kier alpha value is -2.53. The van der Waals surface area contributed by atoms with Crippen LogP contribution in [-0.2, 0) is 6.42 Å². The Morgan fingerprint density at radius 1 is 1.16 bits per heavy atom. The maximum atomic E-state index is 12.7. The molecule has 0 radical (unpaired) electrons. The van der Waals surface area contributed by atoms with E-state index in [1.54, 1.807) is 0 Å². The molecule has 1 unspecified atom stereocenters. The summed E-state index contributed by atoms with van der Waals surface area (Å²) in [6.07, 6.45) is 3.78. The molecule has 0 spiro atoms. The second-order valence-corrected chi connectivity index (χ2v) is 7.19. The lowest BCUT2D eigenvalue weighted by atomic mass is 10.0. The number of aromatic nitrogens is 2. The number of nitrogens with zero attached hydrogens (tertiary/aromatic N) is 3. The van der Waals surface area contributed by atoms with Crippen LogP contribution < -0.4 is 0 Å². The van der Waals surface area contributed by atoms with E-state index in [0.29, 0.717) is 10.9 Å². The van der Waals surface area contributed by atoms with Crippen molar-refractivity contribution in [3.8, 4) is 11.3 Å². The Morgan fingerprint density at radius 2 is 2.00 bits per heavy atom. The minimum absolute atomic E-state index is 0.0516. The summed E-state index contributed by atoms with van der Waals surface area (Å²) in [7, 11) is 0. The van der Waals surface area contributed by atoms with Gasteiger partial charge in [0.2, 0.25) is 0 Å². The van der Waals surface area contributed by atoms with Gasteiger partial charge in [-0.1, -0.05) is 36.4 Å². The number of thiazole rings is 1. The van der Waals surface area contributed by atoms with Gasteiger partial charge in [-0.25, -0.2) is 4.98 Å². The van der Waals surface area contributed by atoms with E-state index < -0.39 is 0 Å². The molecule has 1 fully saturated rings. The van der Waals surface area contributed by atoms with E-state index in [0.717, 1.165) is 42.9 Å². The molecule has 1 atom stereocenters. The topological polar surface area (TPSA) is 46.1 Å². The van der Waals surface area contributed by atoms with Crippen LogP contribution in [0, 0.1) is 5.92 Å². The lowest BCUT2D eigenvalue weighted by molar-refractivity contribution is 0.0786. The zero-order valence-corrected chi connectivity index (χ0v) is 14.7. The summed E-state index contributed by atoms with van der Waals surface area (Å²) >= 11 is 1.43. The first-order valence-corrected chi connectivity index (χ1v) is 9.38. The average molecular weight is 349 g/mol. The van der Waals surface area contributed by atoms with Gasteiger partial charge in [-0.15, -0.1) is 11.3 Å². The molecule has 3 heterocycles. The summed E-state index contributed by atoms with van der Waals surface area (Å²) in [5.74, 6) is 0.531. The van der Waals surface area contributed by atoms with E-state index in [9.17, 15) is 4.79 Å². The highest BCUT2D eigenvalue weighted by atomic mass is 32.1. The monoisotopic (exact) mass is 349 g/mol. The van der Waals surface area contributed by atoms with Crippen molar-refractivity contribution >= 4 is 17.2 Å². The van der Waals surface area contributed by atoms with E-state index >= 15 is 0 Å². The molecule has 1 amide bonds. The number of amides is 1. The van der Waals surface area contributed by atoms with Crippen LogP contribution in [0.15, 0.2) is 60.1 Å². The van der Waals surface area contributed by atoms with Crippen LogP contribution in [0.1, 0.15) is 21.9 Å². The summed E-state index contributed by atoms with van der Waals surface area (Å²) in [6, 6.07) is 16.0. The van der Waals surface area contributed by atoms with E-state index in [4.69, 9.17) is 0 Å². The summed E-state index contributed by atoms with van der Waals surface area (Å²) in [6.45, 7) is 1.59. The smallest absolute Gasteiger partial charge is 0.282 e. The highest BCUT2D eigenvalue weighted by Crippen LogP contribution is 2.25. The van der Waals surface area contributed by atoms with Crippen LogP contribution in [-0.4, -0.2) is 33.9 Å². The van der Waals surface area contributed by atoms with Crippen LogP contribution in [0.4, 0.5) is 0 Å². The van der Waals surface area contributed by atoms with Crippen molar-refractivity contribution < 1.29 is 4.79 Å². The average Bonchev–Trinajstić information content (AvgIpc) is 3.33. The van der Waals surface area contributed by atoms with Crippen molar-refractivity contribution in [1.82, 2.24) is 14.9 Å². The summed E-state index contributed by atoms with van der Waals surface area (Å²) in [5.41, 5.74) is 3.02. The third kappa shape index (κ3) is 3.61. The highest BCUT2D eigenvalue weighted by Gasteiger charge is 2.28. The maximum Gasteiger partial charge on any atom is 0.282 e. The Bertz CT molecular complexity index is 848. The van der Waals surface area contributed by atoms with Gasteiger partial charge in [0.1, 0.15) is 0 Å². The SMILES string of the molecule is O=C(c1nc(-c2ccccc2)cs1)N1CCC(Cc2ccccn2)C1. The van der Waals surface area contributed by atoms with Gasteiger partial charge < -0.3 is 4.90 Å². The van der Waals surface area contributed by atoms with E-state index in [-0.39, 0.29) is 5.91 Å². The molecule has 0 aliphatic carbocycles. The number of hydrogen-bond acceptors (Lipinski definition) is 4. The van der Waals surface area contributed by atoms with E-state index in [1.807, 2.05) is 58.9 Å². The standard InChI is InChI=1S/C20H19N3OS/c24-20(19-22-18(14-25-19)16-6-2-1-3-7-16)23-11-9-15(13-23)12-17-8-4-5-10-21-17/h1-8,10,14-15H,9,11-13H2. The number of likely N-dealkylation sites (tertiary alicyclic amines) is 1. The Balaban J connectivity index is 1.41. The van der Waals surface area contributed by atoms with Gasteiger partial charge in [0, 0.05) is 35.9 Å². The normalized spacial score (nSPS) is 17.0. The third-order valence-corrected chi connectivity index (χ3v) is 5.38. The molecular weight excluding hydrogens is 330 g/mol. The molecule has 5 heteroatoms. The first kappa shape index (κ1) is 16.0. The fourth-order valence-corrected chi connectivity index (χ4v) is 4.04. The molecule has 3 aromatic rings. The summed E-state index contributed by atoms with van der Waals surface area (Å²) < 4.78 is 0. The molecule has 1 aliphatic heterocycles. The predicted molar refractivity (Wildman–Crippen MR) is 99.5 cm³/mol. The second kappa shape index (κ2) is 7.15. The molecular formula is C20H19N3OS. The highest BCUT2D eigenvalue weighted by molar-refractivity contribution is 7.12. The van der Waals surface area contributed by atoms with Crippen LogP contribution in [0.5, 0.6) is 0 Å². The van der Waals surface area contributed by atoms with Gasteiger partial charge >= 0.3 is 0 Å². The molecule has 1 aromatic carbocycles. The zero-order valence-electron chi connectivity index (χ0n) is 13.8. The quantitative estimate of drug-likeness (QED) is 0.717. The summed E-state index contributed by atoms with van der Waals surface area (Å²) in [5, 5.41) is 2.54. The zero-order chi connectivity index (χ0) is 17.1.